The summed E-state index contributed by atoms with van der Waals surface area (Å²) in [5.74, 6) is 0. The van der Waals surface area contributed by atoms with Gasteiger partial charge in [0, 0.05) is 6.42 Å². The van der Waals surface area contributed by atoms with E-state index in [0.717, 1.165) is 13.1 Å². The maximum absolute atomic E-state index is 3.79. The molecule has 100 valence electrons. The topological polar surface area (TPSA) is 88.5 Å². The van der Waals surface area contributed by atoms with Gasteiger partial charge < -0.3 is 71.7 Å². The van der Waals surface area contributed by atoms with Gasteiger partial charge in [-0.25, -0.2) is 0 Å². The second-order valence-electron chi connectivity index (χ2n) is 2.79. The Labute approximate surface area is 117 Å². The van der Waals surface area contributed by atoms with Gasteiger partial charge in [0.05, 0.1) is 13.1 Å². The van der Waals surface area contributed by atoms with Crippen molar-refractivity contribution in [2.75, 3.05) is 39.3 Å². The number of hydrogen-bond donors (Lipinski definition) is 4. The second kappa shape index (κ2) is 29.4. The SMILES string of the molecule is [Cl-].[Cl-].[Cl-].[Cl-].[NH3+]CC[NH2+]CCC[NH2+]CC[NH3+]. The highest BCUT2D eigenvalue weighted by atomic mass is 35.5. The van der Waals surface area contributed by atoms with Crippen LogP contribution in [0.25, 0.3) is 0 Å². The van der Waals surface area contributed by atoms with E-state index in [1.807, 2.05) is 0 Å². The van der Waals surface area contributed by atoms with Crippen molar-refractivity contribution >= 4 is 0 Å². The molecule has 0 spiro atoms. The van der Waals surface area contributed by atoms with E-state index >= 15 is 0 Å². The Morgan fingerprint density at radius 2 is 0.933 bits per heavy atom. The van der Waals surface area contributed by atoms with E-state index in [-0.39, 0.29) is 49.6 Å². The average molecular weight is 306 g/mol. The summed E-state index contributed by atoms with van der Waals surface area (Å²) in [6.07, 6.45) is 1.31. The van der Waals surface area contributed by atoms with E-state index in [2.05, 4.69) is 22.1 Å². The molecule has 8 heteroatoms. The molecule has 0 heterocycles. The van der Waals surface area contributed by atoms with Crippen molar-refractivity contribution in [3.05, 3.63) is 0 Å². The summed E-state index contributed by atoms with van der Waals surface area (Å²) in [5, 5.41) is 4.68. The van der Waals surface area contributed by atoms with Crippen LogP contribution in [0.4, 0.5) is 0 Å². The number of halogens is 4. The Bertz CT molecular complexity index is 72.0. The van der Waals surface area contributed by atoms with E-state index in [4.69, 9.17) is 0 Å². The van der Waals surface area contributed by atoms with Crippen LogP contribution in [0.1, 0.15) is 6.42 Å². The predicted molar refractivity (Wildman–Crippen MR) is 43.4 cm³/mol. The third kappa shape index (κ3) is 31.3. The molecule has 15 heavy (non-hydrogen) atoms. The van der Waals surface area contributed by atoms with E-state index in [0.29, 0.717) is 0 Å². The van der Waals surface area contributed by atoms with Crippen molar-refractivity contribution < 1.29 is 71.7 Å². The minimum Gasteiger partial charge on any atom is -1.00 e. The largest absolute Gasteiger partial charge is 1.00 e. The zero-order valence-corrected chi connectivity index (χ0v) is 12.1. The highest BCUT2D eigenvalue weighted by Gasteiger charge is 1.92. The number of rotatable bonds is 8. The third-order valence-corrected chi connectivity index (χ3v) is 1.63. The van der Waals surface area contributed by atoms with Crippen molar-refractivity contribution in [2.24, 2.45) is 0 Å². The van der Waals surface area contributed by atoms with Gasteiger partial charge in [-0.05, 0) is 0 Å². The van der Waals surface area contributed by atoms with Crippen LogP contribution in [0.2, 0.25) is 0 Å². The molecule has 0 aliphatic rings. The Morgan fingerprint density at radius 1 is 0.600 bits per heavy atom. The van der Waals surface area contributed by atoms with E-state index in [1.165, 1.54) is 32.6 Å². The molecule has 4 nitrogen and oxygen atoms in total. The maximum atomic E-state index is 3.79. The summed E-state index contributed by atoms with van der Waals surface area (Å²) in [4.78, 5) is 0. The molecule has 0 aromatic carbocycles. The van der Waals surface area contributed by atoms with Crippen LogP contribution in [0, 0.1) is 0 Å². The molecular formula is C7H24Cl4N4. The molecule has 0 saturated heterocycles. The van der Waals surface area contributed by atoms with Gasteiger partial charge in [-0.2, -0.15) is 0 Å². The van der Waals surface area contributed by atoms with Gasteiger partial charge >= 0.3 is 0 Å². The molecule has 0 aromatic rings. The Hall–Kier alpha value is 1.000. The van der Waals surface area contributed by atoms with Crippen LogP contribution in [0.3, 0.4) is 0 Å². The quantitative estimate of drug-likeness (QED) is 0.321. The zero-order chi connectivity index (χ0) is 8.36. The summed E-state index contributed by atoms with van der Waals surface area (Å²) >= 11 is 0. The Balaban J connectivity index is -0.0000000833. The van der Waals surface area contributed by atoms with Gasteiger partial charge in [-0.1, -0.05) is 0 Å². The normalized spacial score (nSPS) is 7.60. The summed E-state index contributed by atoms with van der Waals surface area (Å²) < 4.78 is 0. The monoisotopic (exact) mass is 304 g/mol. The van der Waals surface area contributed by atoms with Crippen molar-refractivity contribution in [1.29, 1.82) is 0 Å². The molecule has 0 unspecified atom stereocenters. The molecule has 0 amide bonds. The maximum Gasteiger partial charge on any atom is 0.125 e. The van der Waals surface area contributed by atoms with Gasteiger partial charge in [0.1, 0.15) is 26.2 Å². The van der Waals surface area contributed by atoms with Crippen LogP contribution >= 0.6 is 0 Å². The first-order valence-corrected chi connectivity index (χ1v) is 4.63. The molecule has 0 radical (unpaired) electrons. The number of nitrogens with two attached hydrogens (primary N) is 2. The minimum absolute atomic E-state index is 0. The zero-order valence-electron chi connectivity index (χ0n) is 9.03. The summed E-state index contributed by atoms with van der Waals surface area (Å²) in [5.41, 5.74) is 7.57. The predicted octanol–water partition coefficient (Wildman–Crippen LogP) is -17.0. The fourth-order valence-corrected chi connectivity index (χ4v) is 0.984. The lowest BCUT2D eigenvalue weighted by molar-refractivity contribution is -0.693. The van der Waals surface area contributed by atoms with E-state index in [1.54, 1.807) is 0 Å². The van der Waals surface area contributed by atoms with Gasteiger partial charge in [-0.15, -0.1) is 0 Å². The summed E-state index contributed by atoms with van der Waals surface area (Å²) in [6, 6.07) is 0. The van der Waals surface area contributed by atoms with Gasteiger partial charge in [0.25, 0.3) is 0 Å². The highest BCUT2D eigenvalue weighted by Crippen LogP contribution is 1.58. The number of hydrogen-bond acceptors (Lipinski definition) is 0. The molecule has 0 aromatic heterocycles. The van der Waals surface area contributed by atoms with E-state index < -0.39 is 0 Å². The first-order valence-electron chi connectivity index (χ1n) is 4.63. The molecule has 0 aliphatic heterocycles. The van der Waals surface area contributed by atoms with Crippen LogP contribution < -0.4 is 71.7 Å². The fraction of sp³-hybridized carbons (Fsp3) is 1.00. The molecule has 0 rings (SSSR count). The average Bonchev–Trinajstić information content (AvgIpc) is 2.03. The van der Waals surface area contributed by atoms with Crippen LogP contribution in [-0.2, 0) is 0 Å². The lowest BCUT2D eigenvalue weighted by atomic mass is 10.4. The van der Waals surface area contributed by atoms with Crippen molar-refractivity contribution in [3.63, 3.8) is 0 Å². The molecule has 0 saturated carbocycles. The third-order valence-electron chi connectivity index (χ3n) is 1.63. The molecule has 10 N–H and O–H groups in total. The minimum atomic E-state index is 0. The highest BCUT2D eigenvalue weighted by molar-refractivity contribution is 4.26. The van der Waals surface area contributed by atoms with Crippen molar-refractivity contribution in [2.45, 2.75) is 6.42 Å². The van der Waals surface area contributed by atoms with E-state index in [9.17, 15) is 0 Å². The summed E-state index contributed by atoms with van der Waals surface area (Å²) in [6.45, 7) is 6.95. The van der Waals surface area contributed by atoms with Gasteiger partial charge in [0.2, 0.25) is 0 Å². The molecule has 0 bridgehead atoms. The lowest BCUT2D eigenvalue weighted by Crippen LogP contribution is -3.00. The Morgan fingerprint density at radius 3 is 1.20 bits per heavy atom. The molecule has 0 atom stereocenters. The number of quaternary nitrogens is 4. The molecule has 0 aliphatic carbocycles. The Kier molecular flexibility index (Phi) is 58.3. The first-order chi connectivity index (χ1) is 5.41. The molecule has 0 fully saturated rings. The van der Waals surface area contributed by atoms with Crippen LogP contribution in [0.15, 0.2) is 0 Å². The summed E-state index contributed by atoms with van der Waals surface area (Å²) in [7, 11) is 0. The smallest absolute Gasteiger partial charge is 0.125 e. The van der Waals surface area contributed by atoms with Crippen LogP contribution in [-0.4, -0.2) is 39.3 Å². The van der Waals surface area contributed by atoms with Gasteiger partial charge in [-0.3, -0.25) is 0 Å². The molecular weight excluding hydrogens is 282 g/mol. The van der Waals surface area contributed by atoms with Crippen molar-refractivity contribution in [1.82, 2.24) is 0 Å². The van der Waals surface area contributed by atoms with Crippen molar-refractivity contribution in [3.8, 4) is 0 Å². The lowest BCUT2D eigenvalue weighted by Gasteiger charge is -1.98. The standard InChI is InChI=1S/C7H20N4.4ClH/c8-2-6-10-4-1-5-11-7-3-9;;;;/h10-11H,1-9H2;4*1H. The fourth-order valence-electron chi connectivity index (χ4n) is 0.984. The second-order valence-corrected chi connectivity index (χ2v) is 2.79. The van der Waals surface area contributed by atoms with Gasteiger partial charge in [0.15, 0.2) is 0 Å². The first kappa shape index (κ1) is 29.8. The van der Waals surface area contributed by atoms with Crippen LogP contribution in [0.5, 0.6) is 0 Å².